The van der Waals surface area contributed by atoms with Crippen LogP contribution in [0, 0.1) is 0 Å². The molecule has 2 atom stereocenters. The summed E-state index contributed by atoms with van der Waals surface area (Å²) in [6.45, 7) is 0. The summed E-state index contributed by atoms with van der Waals surface area (Å²) >= 11 is 0. The van der Waals surface area contributed by atoms with Crippen molar-refractivity contribution in [3.05, 3.63) is 71.8 Å². The first kappa shape index (κ1) is 16.0. The quantitative estimate of drug-likeness (QED) is 0.879. The monoisotopic (exact) mass is 310 g/mol. The number of benzene rings is 2. The molecule has 6 heteroatoms. The number of hydrogen-bond donors (Lipinski definition) is 1. The van der Waals surface area contributed by atoms with Crippen LogP contribution in [0.25, 0.3) is 0 Å². The molecule has 0 amide bonds. The van der Waals surface area contributed by atoms with Gasteiger partial charge in [-0.25, -0.2) is 4.79 Å². The molecule has 3 nitrogen and oxygen atoms in total. The molecule has 0 aliphatic carbocycles. The highest BCUT2D eigenvalue weighted by molar-refractivity contribution is 5.89. The number of aliphatic hydroxyl groups is 1. The molecule has 0 heterocycles. The van der Waals surface area contributed by atoms with Gasteiger partial charge in [0.25, 0.3) is 0 Å². The lowest BCUT2D eigenvalue weighted by Gasteiger charge is -2.25. The van der Waals surface area contributed by atoms with E-state index in [2.05, 4.69) is 0 Å². The third kappa shape index (κ3) is 3.85. The summed E-state index contributed by atoms with van der Waals surface area (Å²) in [7, 11) is 0. The topological polar surface area (TPSA) is 46.5 Å². The van der Waals surface area contributed by atoms with E-state index in [4.69, 9.17) is 4.74 Å². The van der Waals surface area contributed by atoms with Crippen LogP contribution in [0.2, 0.25) is 0 Å². The molecule has 2 aromatic rings. The van der Waals surface area contributed by atoms with Gasteiger partial charge in [-0.2, -0.15) is 13.2 Å². The van der Waals surface area contributed by atoms with Gasteiger partial charge in [-0.15, -0.1) is 0 Å². The largest absolute Gasteiger partial charge is 0.451 e. The van der Waals surface area contributed by atoms with Crippen molar-refractivity contribution < 1.29 is 27.8 Å². The standard InChI is InChI=1S/C16H13F3O3/c17-16(18,19)14(20)13(11-7-3-1-4-8-11)22-15(21)12-9-5-2-6-10-12/h1-10,13-14,20H/t13-,14-/m1/s1. The van der Waals surface area contributed by atoms with Crippen LogP contribution >= 0.6 is 0 Å². The summed E-state index contributed by atoms with van der Waals surface area (Å²) in [6.07, 6.45) is -9.53. The summed E-state index contributed by atoms with van der Waals surface area (Å²) in [4.78, 5) is 12.0. The highest BCUT2D eigenvalue weighted by atomic mass is 19.4. The molecule has 0 saturated heterocycles. The molecule has 0 fully saturated rings. The zero-order chi connectivity index (χ0) is 16.2. The van der Waals surface area contributed by atoms with Gasteiger partial charge in [-0.05, 0) is 17.7 Å². The maximum Gasteiger partial charge on any atom is 0.418 e. The van der Waals surface area contributed by atoms with Crippen molar-refractivity contribution in [2.75, 3.05) is 0 Å². The molecule has 0 unspecified atom stereocenters. The van der Waals surface area contributed by atoms with E-state index in [9.17, 15) is 23.1 Å². The summed E-state index contributed by atoms with van der Waals surface area (Å²) in [5.41, 5.74) is 0.175. The number of carbonyl (C=O) groups is 1. The molecule has 0 radical (unpaired) electrons. The van der Waals surface area contributed by atoms with Gasteiger partial charge < -0.3 is 9.84 Å². The van der Waals surface area contributed by atoms with Crippen LogP contribution in [0.5, 0.6) is 0 Å². The molecule has 0 aliphatic heterocycles. The maximum atomic E-state index is 12.8. The lowest BCUT2D eigenvalue weighted by molar-refractivity contribution is -0.231. The van der Waals surface area contributed by atoms with Gasteiger partial charge in [0.05, 0.1) is 5.56 Å². The van der Waals surface area contributed by atoms with E-state index < -0.39 is 24.4 Å². The normalized spacial score (nSPS) is 14.2. The molecule has 0 aliphatic rings. The molecular weight excluding hydrogens is 297 g/mol. The molecule has 2 rings (SSSR count). The summed E-state index contributed by atoms with van der Waals surface area (Å²) in [6, 6.07) is 15.0. The van der Waals surface area contributed by atoms with Gasteiger partial charge in [0, 0.05) is 0 Å². The molecule has 0 bridgehead atoms. The Labute approximate surface area is 125 Å². The lowest BCUT2D eigenvalue weighted by Crippen LogP contribution is -2.37. The fraction of sp³-hybridized carbons (Fsp3) is 0.188. The van der Waals surface area contributed by atoms with Gasteiger partial charge in [0.1, 0.15) is 0 Å². The number of esters is 1. The second-order valence-corrected chi connectivity index (χ2v) is 4.59. The summed E-state index contributed by atoms with van der Waals surface area (Å²) in [5.74, 6) is -0.933. The first-order valence-electron chi connectivity index (χ1n) is 6.45. The third-order valence-electron chi connectivity index (χ3n) is 2.99. The van der Waals surface area contributed by atoms with E-state index in [0.29, 0.717) is 0 Å². The van der Waals surface area contributed by atoms with Crippen LogP contribution in [-0.4, -0.2) is 23.4 Å². The average Bonchev–Trinajstić information content (AvgIpc) is 2.52. The van der Waals surface area contributed by atoms with Crippen LogP contribution in [0.3, 0.4) is 0 Å². The Balaban J connectivity index is 2.28. The first-order chi connectivity index (χ1) is 10.4. The molecule has 0 spiro atoms. The van der Waals surface area contributed by atoms with E-state index in [0.717, 1.165) is 0 Å². The zero-order valence-corrected chi connectivity index (χ0v) is 11.3. The minimum absolute atomic E-state index is 0.0663. The Kier molecular flexibility index (Phi) is 4.82. The Morgan fingerprint density at radius 2 is 1.45 bits per heavy atom. The third-order valence-corrected chi connectivity index (χ3v) is 2.99. The van der Waals surface area contributed by atoms with Crippen molar-refractivity contribution in [1.82, 2.24) is 0 Å². The Morgan fingerprint density at radius 3 is 1.95 bits per heavy atom. The minimum Gasteiger partial charge on any atom is -0.451 e. The van der Waals surface area contributed by atoms with Gasteiger partial charge in [-0.3, -0.25) is 0 Å². The predicted molar refractivity (Wildman–Crippen MR) is 73.1 cm³/mol. The molecule has 0 aromatic heterocycles. The molecule has 2 aromatic carbocycles. The van der Waals surface area contributed by atoms with Crippen molar-refractivity contribution in [2.24, 2.45) is 0 Å². The Morgan fingerprint density at radius 1 is 0.955 bits per heavy atom. The van der Waals surface area contributed by atoms with Crippen LogP contribution in [0.4, 0.5) is 13.2 Å². The second kappa shape index (κ2) is 6.62. The van der Waals surface area contributed by atoms with Crippen molar-refractivity contribution in [3.8, 4) is 0 Å². The number of aliphatic hydroxyl groups excluding tert-OH is 1. The highest BCUT2D eigenvalue weighted by Crippen LogP contribution is 2.33. The minimum atomic E-state index is -4.91. The van der Waals surface area contributed by atoms with Crippen molar-refractivity contribution in [3.63, 3.8) is 0 Å². The molecule has 22 heavy (non-hydrogen) atoms. The van der Waals surface area contributed by atoms with Gasteiger partial charge in [0.15, 0.2) is 12.2 Å². The Bertz CT molecular complexity index is 612. The lowest BCUT2D eigenvalue weighted by atomic mass is 10.0. The molecule has 0 saturated carbocycles. The number of alkyl halides is 3. The number of rotatable bonds is 4. The fourth-order valence-electron chi connectivity index (χ4n) is 1.89. The predicted octanol–water partition coefficient (Wildman–Crippen LogP) is 3.51. The van der Waals surface area contributed by atoms with Crippen molar-refractivity contribution in [1.29, 1.82) is 0 Å². The van der Waals surface area contributed by atoms with Gasteiger partial charge in [-0.1, -0.05) is 48.5 Å². The fourth-order valence-corrected chi connectivity index (χ4v) is 1.89. The van der Waals surface area contributed by atoms with Crippen LogP contribution in [0.1, 0.15) is 22.0 Å². The maximum absolute atomic E-state index is 12.8. The average molecular weight is 310 g/mol. The van der Waals surface area contributed by atoms with E-state index in [1.54, 1.807) is 24.3 Å². The second-order valence-electron chi connectivity index (χ2n) is 4.59. The van der Waals surface area contributed by atoms with E-state index in [1.807, 2.05) is 0 Å². The zero-order valence-electron chi connectivity index (χ0n) is 11.3. The Hall–Kier alpha value is -2.34. The molecular formula is C16H13F3O3. The smallest absolute Gasteiger partial charge is 0.418 e. The first-order valence-corrected chi connectivity index (χ1v) is 6.45. The SMILES string of the molecule is O=C(O[C@H](c1ccccc1)[C@@H](O)C(F)(F)F)c1ccccc1. The summed E-state index contributed by atoms with van der Waals surface area (Å²) < 4.78 is 43.3. The molecule has 116 valence electrons. The number of ether oxygens (including phenoxy) is 1. The van der Waals surface area contributed by atoms with Crippen LogP contribution in [-0.2, 0) is 4.74 Å². The van der Waals surface area contributed by atoms with E-state index in [1.165, 1.54) is 36.4 Å². The van der Waals surface area contributed by atoms with E-state index >= 15 is 0 Å². The molecule has 1 N–H and O–H groups in total. The van der Waals surface area contributed by atoms with Gasteiger partial charge >= 0.3 is 12.1 Å². The van der Waals surface area contributed by atoms with Crippen LogP contribution < -0.4 is 0 Å². The van der Waals surface area contributed by atoms with E-state index in [-0.39, 0.29) is 11.1 Å². The van der Waals surface area contributed by atoms with Crippen molar-refractivity contribution >= 4 is 5.97 Å². The number of halogens is 3. The van der Waals surface area contributed by atoms with Gasteiger partial charge in [0.2, 0.25) is 0 Å². The van der Waals surface area contributed by atoms with Crippen molar-refractivity contribution in [2.45, 2.75) is 18.4 Å². The number of hydrogen-bond acceptors (Lipinski definition) is 3. The van der Waals surface area contributed by atoms with Crippen LogP contribution in [0.15, 0.2) is 60.7 Å². The highest BCUT2D eigenvalue weighted by Gasteiger charge is 2.46. The summed E-state index contributed by atoms with van der Waals surface area (Å²) in [5, 5.41) is 9.49. The number of carbonyl (C=O) groups excluding carboxylic acids is 1.